The summed E-state index contributed by atoms with van der Waals surface area (Å²) in [6.45, 7) is 3.18. The molecular formula is C28H34N2O9. The van der Waals surface area contributed by atoms with Gasteiger partial charge >= 0.3 is 5.97 Å². The summed E-state index contributed by atoms with van der Waals surface area (Å²) in [5.41, 5.74) is -0.475. The lowest BCUT2D eigenvalue weighted by molar-refractivity contribution is -0.536. The summed E-state index contributed by atoms with van der Waals surface area (Å²) < 4.78 is 33.5. The van der Waals surface area contributed by atoms with Gasteiger partial charge in [0.15, 0.2) is 29.1 Å². The fourth-order valence-corrected chi connectivity index (χ4v) is 4.84. The van der Waals surface area contributed by atoms with E-state index in [1.807, 2.05) is 13.0 Å². The molecule has 0 bridgehead atoms. The summed E-state index contributed by atoms with van der Waals surface area (Å²) in [7, 11) is 4.45. The van der Waals surface area contributed by atoms with Crippen molar-refractivity contribution in [2.75, 3.05) is 27.9 Å². The molecular weight excluding hydrogens is 508 g/mol. The molecule has 210 valence electrons. The fraction of sp³-hybridized carbons (Fsp3) is 0.500. The minimum atomic E-state index is -1.28. The van der Waals surface area contributed by atoms with Gasteiger partial charge in [-0.05, 0) is 49.1 Å². The van der Waals surface area contributed by atoms with Gasteiger partial charge in [0.05, 0.1) is 39.2 Å². The minimum Gasteiger partial charge on any atom is -0.493 e. The number of carbonyl (C=O) groups excluding carboxylic acids is 1. The molecule has 0 saturated heterocycles. The maximum Gasteiger partial charge on any atom is 0.303 e. The number of carbonyl (C=O) groups is 1. The first-order valence-electron chi connectivity index (χ1n) is 12.6. The molecule has 11 nitrogen and oxygen atoms in total. The van der Waals surface area contributed by atoms with E-state index < -0.39 is 34.6 Å². The second kappa shape index (κ2) is 13.0. The molecule has 39 heavy (non-hydrogen) atoms. The number of nitrogens with zero attached hydrogens (tertiary/aromatic N) is 2. The SMILES string of the molecule is CCC(C#N)(CCC(OC(C)=O)C(CC1COc2ccccc2O1)[N+](=O)[O-])c1cc(OC)c(OC)c(OC)c1. The number of benzene rings is 2. The smallest absolute Gasteiger partial charge is 0.303 e. The molecule has 0 aliphatic carbocycles. The zero-order chi connectivity index (χ0) is 28.6. The Morgan fingerprint density at radius 2 is 1.82 bits per heavy atom. The van der Waals surface area contributed by atoms with Gasteiger partial charge in [0, 0.05) is 11.8 Å². The molecule has 4 unspecified atom stereocenters. The van der Waals surface area contributed by atoms with Crippen molar-refractivity contribution in [3.05, 3.63) is 52.1 Å². The van der Waals surface area contributed by atoms with Crippen LogP contribution in [0.5, 0.6) is 28.7 Å². The number of rotatable bonds is 13. The van der Waals surface area contributed by atoms with Crippen molar-refractivity contribution in [3.8, 4) is 34.8 Å². The molecule has 0 N–H and O–H groups in total. The Morgan fingerprint density at radius 3 is 2.33 bits per heavy atom. The Bertz CT molecular complexity index is 1190. The second-order valence-electron chi connectivity index (χ2n) is 9.23. The first kappa shape index (κ1) is 29.4. The summed E-state index contributed by atoms with van der Waals surface area (Å²) >= 11 is 0. The number of esters is 1. The van der Waals surface area contributed by atoms with Crippen LogP contribution in [-0.4, -0.2) is 57.1 Å². The van der Waals surface area contributed by atoms with Crippen molar-refractivity contribution in [2.45, 2.75) is 63.2 Å². The van der Waals surface area contributed by atoms with Gasteiger partial charge in [-0.1, -0.05) is 19.1 Å². The van der Waals surface area contributed by atoms with Crippen molar-refractivity contribution >= 4 is 5.97 Å². The van der Waals surface area contributed by atoms with E-state index in [0.717, 1.165) is 0 Å². The highest BCUT2D eigenvalue weighted by Crippen LogP contribution is 2.44. The predicted octanol–water partition coefficient (Wildman–Crippen LogP) is 4.47. The molecule has 3 rings (SSSR count). The molecule has 4 atom stereocenters. The van der Waals surface area contributed by atoms with Crippen molar-refractivity contribution < 1.29 is 38.1 Å². The molecule has 1 aliphatic rings. The number of methoxy groups -OCH3 is 3. The molecule has 0 amide bonds. The third kappa shape index (κ3) is 6.63. The van der Waals surface area contributed by atoms with Crippen molar-refractivity contribution in [1.29, 1.82) is 5.26 Å². The number of ether oxygens (including phenoxy) is 6. The summed E-state index contributed by atoms with van der Waals surface area (Å²) in [5, 5.41) is 22.6. The lowest BCUT2D eigenvalue weighted by Gasteiger charge is -2.31. The minimum absolute atomic E-state index is 0.0465. The topological polar surface area (TPSA) is 139 Å². The van der Waals surface area contributed by atoms with Gasteiger partial charge in [-0.25, -0.2) is 0 Å². The summed E-state index contributed by atoms with van der Waals surface area (Å²) in [6, 6.07) is 11.6. The van der Waals surface area contributed by atoms with Crippen molar-refractivity contribution in [2.24, 2.45) is 0 Å². The van der Waals surface area contributed by atoms with Gasteiger partial charge in [-0.2, -0.15) is 5.26 Å². The van der Waals surface area contributed by atoms with Crippen LogP contribution >= 0.6 is 0 Å². The van der Waals surface area contributed by atoms with Gasteiger partial charge < -0.3 is 28.4 Å². The van der Waals surface area contributed by atoms with Gasteiger partial charge in [0.25, 0.3) is 6.04 Å². The van der Waals surface area contributed by atoms with Crippen molar-refractivity contribution in [1.82, 2.24) is 0 Å². The van der Waals surface area contributed by atoms with Gasteiger partial charge in [-0.3, -0.25) is 14.9 Å². The van der Waals surface area contributed by atoms with Crippen LogP contribution < -0.4 is 23.7 Å². The quantitative estimate of drug-likeness (QED) is 0.202. The van der Waals surface area contributed by atoms with E-state index in [0.29, 0.717) is 40.7 Å². The van der Waals surface area contributed by atoms with Crippen LogP contribution in [0.15, 0.2) is 36.4 Å². The van der Waals surface area contributed by atoms with E-state index in [2.05, 4.69) is 6.07 Å². The highest BCUT2D eigenvalue weighted by atomic mass is 16.6. The number of hydrogen-bond acceptors (Lipinski definition) is 10. The normalized spacial score (nSPS) is 17.1. The molecule has 0 spiro atoms. The van der Waals surface area contributed by atoms with Gasteiger partial charge in [-0.15, -0.1) is 0 Å². The highest BCUT2D eigenvalue weighted by molar-refractivity contribution is 5.66. The van der Waals surface area contributed by atoms with E-state index in [9.17, 15) is 20.2 Å². The monoisotopic (exact) mass is 542 g/mol. The average Bonchev–Trinajstić information content (AvgIpc) is 2.94. The number of nitriles is 1. The molecule has 1 aliphatic heterocycles. The zero-order valence-electron chi connectivity index (χ0n) is 22.8. The van der Waals surface area contributed by atoms with E-state index in [1.54, 1.807) is 30.3 Å². The lowest BCUT2D eigenvalue weighted by atomic mass is 9.74. The Morgan fingerprint density at radius 1 is 1.18 bits per heavy atom. The molecule has 2 aromatic rings. The van der Waals surface area contributed by atoms with Crippen LogP contribution in [0.1, 0.15) is 45.1 Å². The molecule has 1 heterocycles. The van der Waals surface area contributed by atoms with Crippen molar-refractivity contribution in [3.63, 3.8) is 0 Å². The van der Waals surface area contributed by atoms with Crippen LogP contribution in [0.4, 0.5) is 0 Å². The maximum atomic E-state index is 12.2. The Kier molecular flexibility index (Phi) is 9.82. The number of fused-ring (bicyclic) bond motifs is 1. The number of para-hydroxylation sites is 2. The third-order valence-corrected chi connectivity index (χ3v) is 6.98. The Labute approximate surface area is 227 Å². The van der Waals surface area contributed by atoms with E-state index in [-0.39, 0.29) is 25.9 Å². The van der Waals surface area contributed by atoms with Crippen LogP contribution in [0.25, 0.3) is 0 Å². The molecule has 11 heteroatoms. The predicted molar refractivity (Wildman–Crippen MR) is 140 cm³/mol. The van der Waals surface area contributed by atoms with Gasteiger partial charge in [0.1, 0.15) is 12.7 Å². The van der Waals surface area contributed by atoms with Crippen LogP contribution in [0, 0.1) is 21.4 Å². The lowest BCUT2D eigenvalue weighted by Crippen LogP contribution is -2.43. The molecule has 0 aromatic heterocycles. The number of hydrogen-bond donors (Lipinski definition) is 0. The Balaban J connectivity index is 1.88. The van der Waals surface area contributed by atoms with E-state index in [1.165, 1.54) is 28.3 Å². The third-order valence-electron chi connectivity index (χ3n) is 6.98. The molecule has 2 aromatic carbocycles. The van der Waals surface area contributed by atoms with Crippen LogP contribution in [-0.2, 0) is 14.9 Å². The molecule has 0 fully saturated rings. The average molecular weight is 543 g/mol. The standard InChI is InChI=1S/C28H34N2O9/c1-6-28(17-29,19-13-25(34-3)27(36-5)26(14-19)35-4)12-11-22(38-18(2)31)21(30(32)33)15-20-16-37-23-9-7-8-10-24(23)39-20/h7-10,13-14,20-22H,6,11-12,15-16H2,1-5H3. The Hall–Kier alpha value is -4.20. The fourth-order valence-electron chi connectivity index (χ4n) is 4.84. The zero-order valence-corrected chi connectivity index (χ0v) is 22.8. The first-order chi connectivity index (χ1) is 18.7. The van der Waals surface area contributed by atoms with E-state index in [4.69, 9.17) is 28.4 Å². The van der Waals surface area contributed by atoms with E-state index >= 15 is 0 Å². The summed E-state index contributed by atoms with van der Waals surface area (Å²) in [4.78, 5) is 23.8. The first-order valence-corrected chi connectivity index (χ1v) is 12.6. The van der Waals surface area contributed by atoms with Crippen LogP contribution in [0.3, 0.4) is 0 Å². The summed E-state index contributed by atoms with van der Waals surface area (Å²) in [6.07, 6.45) is -1.14. The van der Waals surface area contributed by atoms with Gasteiger partial charge in [0.2, 0.25) is 5.75 Å². The molecule has 0 saturated carbocycles. The largest absolute Gasteiger partial charge is 0.493 e. The van der Waals surface area contributed by atoms with Crippen LogP contribution in [0.2, 0.25) is 0 Å². The second-order valence-corrected chi connectivity index (χ2v) is 9.23. The maximum absolute atomic E-state index is 12.2. The highest BCUT2D eigenvalue weighted by Gasteiger charge is 2.41. The summed E-state index contributed by atoms with van der Waals surface area (Å²) in [5.74, 6) is 1.56. The number of nitro groups is 1. The molecule has 0 radical (unpaired) electrons.